The van der Waals surface area contributed by atoms with E-state index < -0.39 is 0 Å². The van der Waals surface area contributed by atoms with Crippen molar-refractivity contribution in [3.8, 4) is 5.88 Å². The molecule has 2 heterocycles. The topological polar surface area (TPSA) is 71.4 Å². The lowest BCUT2D eigenvalue weighted by Gasteiger charge is -2.11. The van der Waals surface area contributed by atoms with Crippen LogP contribution in [0.1, 0.15) is 40.9 Å². The van der Waals surface area contributed by atoms with Crippen LogP contribution in [0, 0.1) is 19.8 Å². The van der Waals surface area contributed by atoms with Gasteiger partial charge in [-0.2, -0.15) is 0 Å². The molecule has 0 unspecified atom stereocenters. The van der Waals surface area contributed by atoms with Crippen LogP contribution >= 0.6 is 35.3 Å². The Kier molecular flexibility index (Phi) is 8.75. The lowest BCUT2D eigenvalue weighted by atomic mass is 10.3. The van der Waals surface area contributed by atoms with E-state index >= 15 is 0 Å². The first-order valence-electron chi connectivity index (χ1n) is 9.17. The van der Waals surface area contributed by atoms with Crippen molar-refractivity contribution in [2.24, 2.45) is 10.9 Å². The molecule has 0 radical (unpaired) electrons. The largest absolute Gasteiger partial charge is 0.477 e. The minimum Gasteiger partial charge on any atom is -0.477 e. The summed E-state index contributed by atoms with van der Waals surface area (Å²) >= 11 is 1.72. The number of ether oxygens (including phenoxy) is 1. The molecule has 0 aliphatic heterocycles. The number of aryl methyl sites for hydroxylation is 2. The van der Waals surface area contributed by atoms with Gasteiger partial charge in [0.1, 0.15) is 0 Å². The number of halogens is 1. The van der Waals surface area contributed by atoms with Crippen molar-refractivity contribution in [3.05, 3.63) is 39.5 Å². The molecular formula is C19H28IN5OS. The third-order valence-electron chi connectivity index (χ3n) is 4.14. The summed E-state index contributed by atoms with van der Waals surface area (Å²) in [6, 6.07) is 3.95. The predicted molar refractivity (Wildman–Crippen MR) is 121 cm³/mol. The average Bonchev–Trinajstić information content (AvgIpc) is 3.40. The van der Waals surface area contributed by atoms with E-state index in [1.54, 1.807) is 11.3 Å². The normalized spacial score (nSPS) is 13.8. The second-order valence-electron chi connectivity index (χ2n) is 6.55. The molecular weight excluding hydrogens is 473 g/mol. The molecule has 1 saturated carbocycles. The van der Waals surface area contributed by atoms with Crippen molar-refractivity contribution < 1.29 is 4.74 Å². The van der Waals surface area contributed by atoms with Gasteiger partial charge in [0.15, 0.2) is 5.96 Å². The smallest absolute Gasteiger partial charge is 0.213 e. The van der Waals surface area contributed by atoms with Gasteiger partial charge in [-0.25, -0.2) is 15.0 Å². The van der Waals surface area contributed by atoms with Crippen molar-refractivity contribution in [2.45, 2.75) is 46.7 Å². The summed E-state index contributed by atoms with van der Waals surface area (Å²) in [6.07, 6.45) is 4.41. The van der Waals surface area contributed by atoms with Crippen LogP contribution < -0.4 is 15.4 Å². The van der Waals surface area contributed by atoms with Crippen LogP contribution in [0.4, 0.5) is 0 Å². The van der Waals surface area contributed by atoms with Crippen LogP contribution in [0.3, 0.4) is 0 Å². The molecule has 0 saturated heterocycles. The van der Waals surface area contributed by atoms with E-state index in [4.69, 9.17) is 4.74 Å². The first kappa shape index (κ1) is 21.9. The Morgan fingerprint density at radius 3 is 2.70 bits per heavy atom. The number of guanidine groups is 1. The minimum atomic E-state index is 0. The number of hydrogen-bond donors (Lipinski definition) is 2. The number of nitrogens with one attached hydrogen (secondary N) is 2. The van der Waals surface area contributed by atoms with E-state index in [-0.39, 0.29) is 24.0 Å². The highest BCUT2D eigenvalue weighted by Gasteiger charge is 2.22. The van der Waals surface area contributed by atoms with E-state index in [1.807, 2.05) is 32.2 Å². The molecule has 27 heavy (non-hydrogen) atoms. The second kappa shape index (κ2) is 10.8. The molecule has 1 aliphatic rings. The van der Waals surface area contributed by atoms with Crippen LogP contribution in [0.25, 0.3) is 0 Å². The SMILES string of the molecule is CCNC(=NCc1ccc(OCC2CC2)nc1)NCc1sc(C)nc1C.I. The molecule has 1 fully saturated rings. The van der Waals surface area contributed by atoms with Gasteiger partial charge < -0.3 is 15.4 Å². The van der Waals surface area contributed by atoms with Gasteiger partial charge in [0.2, 0.25) is 5.88 Å². The molecule has 2 aromatic heterocycles. The highest BCUT2D eigenvalue weighted by molar-refractivity contribution is 14.0. The fourth-order valence-corrected chi connectivity index (χ4v) is 3.37. The standard InChI is InChI=1S/C19H27N5OS.HI/c1-4-20-19(23-11-17-13(2)24-14(3)26-17)22-10-16-7-8-18(21-9-16)25-12-15-5-6-15;/h7-9,15H,4-6,10-12H2,1-3H3,(H2,20,22,23);1H. The molecule has 0 atom stereocenters. The van der Waals surface area contributed by atoms with Crippen molar-refractivity contribution >= 4 is 41.3 Å². The van der Waals surface area contributed by atoms with Crippen LogP contribution in [-0.4, -0.2) is 29.1 Å². The summed E-state index contributed by atoms with van der Waals surface area (Å²) in [5.41, 5.74) is 2.15. The molecule has 6 nitrogen and oxygen atoms in total. The molecule has 1 aliphatic carbocycles. The van der Waals surface area contributed by atoms with Gasteiger partial charge in [0.05, 0.1) is 30.4 Å². The molecule has 0 spiro atoms. The molecule has 2 N–H and O–H groups in total. The third kappa shape index (κ3) is 7.25. The summed E-state index contributed by atoms with van der Waals surface area (Å²) in [7, 11) is 0. The molecule has 148 valence electrons. The quantitative estimate of drug-likeness (QED) is 0.327. The molecule has 0 amide bonds. The number of nitrogens with zero attached hydrogens (tertiary/aromatic N) is 3. The van der Waals surface area contributed by atoms with Crippen molar-refractivity contribution in [1.82, 2.24) is 20.6 Å². The van der Waals surface area contributed by atoms with Crippen molar-refractivity contribution in [2.75, 3.05) is 13.2 Å². The predicted octanol–water partition coefficient (Wildman–Crippen LogP) is 3.82. The van der Waals surface area contributed by atoms with Gasteiger partial charge in [0.25, 0.3) is 0 Å². The molecule has 2 aromatic rings. The maximum atomic E-state index is 5.67. The number of pyridine rings is 1. The average molecular weight is 501 g/mol. The number of aromatic nitrogens is 2. The monoisotopic (exact) mass is 501 g/mol. The zero-order valence-electron chi connectivity index (χ0n) is 16.1. The van der Waals surface area contributed by atoms with Crippen LogP contribution in [0.15, 0.2) is 23.3 Å². The van der Waals surface area contributed by atoms with Crippen molar-refractivity contribution in [1.29, 1.82) is 0 Å². The Morgan fingerprint density at radius 2 is 2.11 bits per heavy atom. The van der Waals surface area contributed by atoms with E-state index in [9.17, 15) is 0 Å². The number of thiazole rings is 1. The van der Waals surface area contributed by atoms with E-state index in [2.05, 4.69) is 32.5 Å². The lowest BCUT2D eigenvalue weighted by Crippen LogP contribution is -2.36. The summed E-state index contributed by atoms with van der Waals surface area (Å²) < 4.78 is 5.67. The third-order valence-corrected chi connectivity index (χ3v) is 5.21. The summed E-state index contributed by atoms with van der Waals surface area (Å²) in [6.45, 7) is 9.05. The fraction of sp³-hybridized carbons (Fsp3) is 0.526. The van der Waals surface area contributed by atoms with Crippen molar-refractivity contribution in [3.63, 3.8) is 0 Å². The minimum absolute atomic E-state index is 0. The Bertz CT molecular complexity index is 743. The maximum absolute atomic E-state index is 5.67. The Morgan fingerprint density at radius 1 is 1.30 bits per heavy atom. The van der Waals surface area contributed by atoms with E-state index in [0.29, 0.717) is 12.4 Å². The lowest BCUT2D eigenvalue weighted by molar-refractivity contribution is 0.288. The van der Waals surface area contributed by atoms with Gasteiger partial charge >= 0.3 is 0 Å². The van der Waals surface area contributed by atoms with Gasteiger partial charge in [0, 0.05) is 23.7 Å². The zero-order chi connectivity index (χ0) is 18.4. The number of rotatable bonds is 8. The van der Waals surface area contributed by atoms with Crippen LogP contribution in [-0.2, 0) is 13.1 Å². The van der Waals surface area contributed by atoms with Crippen LogP contribution in [0.5, 0.6) is 5.88 Å². The van der Waals surface area contributed by atoms with Crippen LogP contribution in [0.2, 0.25) is 0 Å². The first-order valence-corrected chi connectivity index (χ1v) is 9.98. The highest BCUT2D eigenvalue weighted by Crippen LogP contribution is 2.29. The fourth-order valence-electron chi connectivity index (χ4n) is 2.49. The highest BCUT2D eigenvalue weighted by atomic mass is 127. The van der Waals surface area contributed by atoms with Gasteiger partial charge in [-0.15, -0.1) is 35.3 Å². The summed E-state index contributed by atoms with van der Waals surface area (Å²) in [5.74, 6) is 2.23. The molecule has 0 bridgehead atoms. The first-order chi connectivity index (χ1) is 12.6. The Balaban J connectivity index is 0.00000261. The Hall–Kier alpha value is -1.42. The molecule has 3 rings (SSSR count). The van der Waals surface area contributed by atoms with Gasteiger partial charge in [-0.05, 0) is 45.1 Å². The Labute approximate surface area is 182 Å². The van der Waals surface area contributed by atoms with Gasteiger partial charge in [-0.1, -0.05) is 6.07 Å². The zero-order valence-corrected chi connectivity index (χ0v) is 19.3. The maximum Gasteiger partial charge on any atom is 0.213 e. The molecule has 8 heteroatoms. The number of aliphatic imine (C=N–C) groups is 1. The molecule has 0 aromatic carbocycles. The summed E-state index contributed by atoms with van der Waals surface area (Å²) in [4.78, 5) is 14.7. The second-order valence-corrected chi connectivity index (χ2v) is 7.84. The number of hydrogen-bond acceptors (Lipinski definition) is 5. The van der Waals surface area contributed by atoms with E-state index in [1.165, 1.54) is 17.7 Å². The van der Waals surface area contributed by atoms with Gasteiger partial charge in [-0.3, -0.25) is 0 Å². The summed E-state index contributed by atoms with van der Waals surface area (Å²) in [5, 5.41) is 7.75. The van der Waals surface area contributed by atoms with E-state index in [0.717, 1.165) is 47.8 Å².